The molecule has 2 N–H and O–H groups in total. The van der Waals surface area contributed by atoms with Crippen molar-refractivity contribution in [3.63, 3.8) is 0 Å². The van der Waals surface area contributed by atoms with E-state index in [0.29, 0.717) is 6.61 Å². The second kappa shape index (κ2) is 6.48. The van der Waals surface area contributed by atoms with Crippen molar-refractivity contribution >= 4 is 11.9 Å². The molecule has 0 aromatic heterocycles. The largest absolute Gasteiger partial charge is 0.481 e. The van der Waals surface area contributed by atoms with Gasteiger partial charge in [0.1, 0.15) is 6.61 Å². The van der Waals surface area contributed by atoms with Gasteiger partial charge in [-0.25, -0.2) is 0 Å². The van der Waals surface area contributed by atoms with Gasteiger partial charge >= 0.3 is 5.97 Å². The molecule has 0 radical (unpaired) electrons. The lowest BCUT2D eigenvalue weighted by Gasteiger charge is -2.30. The maximum atomic E-state index is 11.4. The zero-order chi connectivity index (χ0) is 12.8. The van der Waals surface area contributed by atoms with Crippen molar-refractivity contribution in [2.75, 3.05) is 13.2 Å². The summed E-state index contributed by atoms with van der Waals surface area (Å²) >= 11 is 0. The van der Waals surface area contributed by atoms with Crippen molar-refractivity contribution in [2.24, 2.45) is 5.41 Å². The van der Waals surface area contributed by atoms with Gasteiger partial charge in [-0.3, -0.25) is 9.59 Å². The number of nitrogens with one attached hydrogen (secondary N) is 1. The Labute approximate surface area is 96.2 Å². The predicted molar refractivity (Wildman–Crippen MR) is 60.1 cm³/mol. The minimum Gasteiger partial charge on any atom is -0.481 e. The molecule has 0 saturated heterocycles. The summed E-state index contributed by atoms with van der Waals surface area (Å²) in [6, 6.07) is -0.391. The van der Waals surface area contributed by atoms with Crippen LogP contribution in [0.2, 0.25) is 0 Å². The van der Waals surface area contributed by atoms with Crippen molar-refractivity contribution in [3.8, 4) is 0 Å². The number of amides is 1. The van der Waals surface area contributed by atoms with E-state index in [1.807, 2.05) is 20.8 Å². The van der Waals surface area contributed by atoms with Crippen LogP contribution < -0.4 is 5.32 Å². The molecule has 1 unspecified atom stereocenters. The van der Waals surface area contributed by atoms with Crippen molar-refractivity contribution in [1.82, 2.24) is 5.32 Å². The molecule has 0 aliphatic heterocycles. The number of carbonyl (C=O) groups excluding carboxylic acids is 1. The first-order valence-corrected chi connectivity index (χ1v) is 5.36. The molecule has 0 bridgehead atoms. The molecule has 0 aliphatic carbocycles. The smallest absolute Gasteiger partial charge is 0.305 e. The van der Waals surface area contributed by atoms with Crippen molar-refractivity contribution in [1.29, 1.82) is 0 Å². The van der Waals surface area contributed by atoms with Gasteiger partial charge in [0, 0.05) is 12.6 Å². The molecule has 0 aromatic carbocycles. The lowest BCUT2D eigenvalue weighted by Crippen LogP contribution is -2.46. The molecule has 0 aromatic rings. The summed E-state index contributed by atoms with van der Waals surface area (Å²) < 4.78 is 4.95. The quantitative estimate of drug-likeness (QED) is 0.716. The molecule has 0 aliphatic rings. The van der Waals surface area contributed by atoms with Crippen LogP contribution in [0.5, 0.6) is 0 Å². The minimum atomic E-state index is -0.920. The summed E-state index contributed by atoms with van der Waals surface area (Å²) in [4.78, 5) is 22.1. The van der Waals surface area contributed by atoms with E-state index < -0.39 is 12.0 Å². The van der Waals surface area contributed by atoms with Crippen LogP contribution in [0.25, 0.3) is 0 Å². The van der Waals surface area contributed by atoms with Crippen LogP contribution in [0.3, 0.4) is 0 Å². The number of rotatable bonds is 6. The molecule has 94 valence electrons. The Hall–Kier alpha value is -1.10. The lowest BCUT2D eigenvalue weighted by molar-refractivity contribution is -0.138. The van der Waals surface area contributed by atoms with Gasteiger partial charge in [0.15, 0.2) is 0 Å². The Balaban J connectivity index is 4.32. The molecule has 1 amide bonds. The summed E-state index contributed by atoms with van der Waals surface area (Å²) in [5.41, 5.74) is -0.291. The van der Waals surface area contributed by atoms with Gasteiger partial charge in [-0.15, -0.1) is 0 Å². The lowest BCUT2D eigenvalue weighted by atomic mass is 9.85. The first-order valence-electron chi connectivity index (χ1n) is 5.36. The number of carboxylic acid groups (broad SMARTS) is 1. The molecular weight excluding hydrogens is 210 g/mol. The fourth-order valence-corrected chi connectivity index (χ4v) is 1.18. The number of carbonyl (C=O) groups is 2. The van der Waals surface area contributed by atoms with E-state index in [-0.39, 0.29) is 24.3 Å². The van der Waals surface area contributed by atoms with E-state index in [1.165, 1.54) is 0 Å². The molecular formula is C11H21NO4. The number of hydrogen-bond donors (Lipinski definition) is 2. The van der Waals surface area contributed by atoms with Crippen molar-refractivity contribution in [2.45, 2.75) is 40.2 Å². The second-order valence-electron chi connectivity index (χ2n) is 4.72. The van der Waals surface area contributed by atoms with Crippen molar-refractivity contribution < 1.29 is 19.4 Å². The Morgan fingerprint density at radius 1 is 1.38 bits per heavy atom. The third-order valence-electron chi connectivity index (χ3n) is 2.20. The Morgan fingerprint density at radius 3 is 2.31 bits per heavy atom. The highest BCUT2D eigenvalue weighted by molar-refractivity contribution is 5.78. The van der Waals surface area contributed by atoms with Gasteiger partial charge in [-0.2, -0.15) is 0 Å². The number of ether oxygens (including phenoxy) is 1. The van der Waals surface area contributed by atoms with E-state index in [9.17, 15) is 9.59 Å². The number of carboxylic acids is 1. The summed E-state index contributed by atoms with van der Waals surface area (Å²) in [5.74, 6) is -1.19. The summed E-state index contributed by atoms with van der Waals surface area (Å²) in [7, 11) is 0. The Bertz CT molecular complexity index is 245. The van der Waals surface area contributed by atoms with Gasteiger partial charge in [-0.05, 0) is 12.3 Å². The highest BCUT2D eigenvalue weighted by atomic mass is 16.5. The Kier molecular flexibility index (Phi) is 6.03. The van der Waals surface area contributed by atoms with Gasteiger partial charge in [0.05, 0.1) is 6.42 Å². The molecule has 0 rings (SSSR count). The van der Waals surface area contributed by atoms with Crippen LogP contribution in [-0.2, 0) is 14.3 Å². The normalized spacial score (nSPS) is 13.2. The minimum absolute atomic E-state index is 0.0251. The standard InChI is InChI=1S/C11H21NO4/c1-5-16-7-9(13)12-8(6-10(14)15)11(2,3)4/h8H,5-7H2,1-4H3,(H,12,13)(H,14,15). The van der Waals surface area contributed by atoms with Gasteiger partial charge in [-0.1, -0.05) is 20.8 Å². The zero-order valence-corrected chi connectivity index (χ0v) is 10.4. The van der Waals surface area contributed by atoms with Crippen LogP contribution in [0.15, 0.2) is 0 Å². The third-order valence-corrected chi connectivity index (χ3v) is 2.20. The van der Waals surface area contributed by atoms with E-state index in [2.05, 4.69) is 5.32 Å². The maximum Gasteiger partial charge on any atom is 0.305 e. The average molecular weight is 231 g/mol. The Morgan fingerprint density at radius 2 is 1.94 bits per heavy atom. The SMILES string of the molecule is CCOCC(=O)NC(CC(=O)O)C(C)(C)C. The number of aliphatic carboxylic acids is 1. The predicted octanol–water partition coefficient (Wildman–Crippen LogP) is 1.03. The van der Waals surface area contributed by atoms with E-state index in [0.717, 1.165) is 0 Å². The summed E-state index contributed by atoms with van der Waals surface area (Å²) in [5, 5.41) is 11.4. The first kappa shape index (κ1) is 14.9. The average Bonchev–Trinajstić information content (AvgIpc) is 2.11. The van der Waals surface area contributed by atoms with Crippen LogP contribution in [0.4, 0.5) is 0 Å². The maximum absolute atomic E-state index is 11.4. The fraction of sp³-hybridized carbons (Fsp3) is 0.818. The molecule has 5 heteroatoms. The van der Waals surface area contributed by atoms with Gasteiger partial charge < -0.3 is 15.2 Å². The molecule has 0 spiro atoms. The highest BCUT2D eigenvalue weighted by Crippen LogP contribution is 2.21. The fourth-order valence-electron chi connectivity index (χ4n) is 1.18. The topological polar surface area (TPSA) is 75.6 Å². The van der Waals surface area contributed by atoms with Crippen molar-refractivity contribution in [3.05, 3.63) is 0 Å². The molecule has 0 heterocycles. The van der Waals surface area contributed by atoms with Crippen LogP contribution in [0.1, 0.15) is 34.1 Å². The molecule has 1 atom stereocenters. The summed E-state index contributed by atoms with van der Waals surface area (Å²) in [6.45, 7) is 7.91. The van der Waals surface area contributed by atoms with Crippen LogP contribution in [0, 0.1) is 5.41 Å². The molecule has 0 fully saturated rings. The monoisotopic (exact) mass is 231 g/mol. The molecule has 16 heavy (non-hydrogen) atoms. The molecule has 5 nitrogen and oxygen atoms in total. The van der Waals surface area contributed by atoms with Crippen LogP contribution >= 0.6 is 0 Å². The zero-order valence-electron chi connectivity index (χ0n) is 10.4. The van der Waals surface area contributed by atoms with Gasteiger partial charge in [0.2, 0.25) is 5.91 Å². The summed E-state index contributed by atoms with van der Waals surface area (Å²) in [6.07, 6.45) is -0.0820. The third kappa shape index (κ3) is 6.40. The van der Waals surface area contributed by atoms with Crippen LogP contribution in [-0.4, -0.2) is 36.2 Å². The number of hydrogen-bond acceptors (Lipinski definition) is 3. The second-order valence-corrected chi connectivity index (χ2v) is 4.72. The first-order chi connectivity index (χ1) is 7.27. The van der Waals surface area contributed by atoms with E-state index in [1.54, 1.807) is 6.92 Å². The highest BCUT2D eigenvalue weighted by Gasteiger charge is 2.28. The molecule has 0 saturated carbocycles. The van der Waals surface area contributed by atoms with Gasteiger partial charge in [0.25, 0.3) is 0 Å². The van der Waals surface area contributed by atoms with E-state index >= 15 is 0 Å². The van der Waals surface area contributed by atoms with E-state index in [4.69, 9.17) is 9.84 Å².